The number of unbranched alkanes of at least 4 members (excludes halogenated alkanes) is 3. The summed E-state index contributed by atoms with van der Waals surface area (Å²) < 4.78 is 11.9. The van der Waals surface area contributed by atoms with Gasteiger partial charge in [-0.05, 0) is 112 Å². The number of aromatic nitrogens is 3. The summed E-state index contributed by atoms with van der Waals surface area (Å²) >= 11 is 1.60. The van der Waals surface area contributed by atoms with Gasteiger partial charge in [-0.25, -0.2) is 19.7 Å². The van der Waals surface area contributed by atoms with Crippen LogP contribution in [0.5, 0.6) is 5.75 Å². The molecule has 2 amide bonds. The Bertz CT molecular complexity index is 2490. The molecule has 2 fully saturated rings. The average molecular weight is 933 g/mol. The van der Waals surface area contributed by atoms with Crippen molar-refractivity contribution in [1.29, 1.82) is 0 Å². The number of thiazole rings is 1. The zero-order valence-electron chi connectivity index (χ0n) is 40.1. The van der Waals surface area contributed by atoms with E-state index in [1.54, 1.807) is 17.7 Å². The molecule has 13 nitrogen and oxygen atoms in total. The Labute approximate surface area is 399 Å². The second kappa shape index (κ2) is 21.8. The zero-order valence-corrected chi connectivity index (χ0v) is 41.0. The first kappa shape index (κ1) is 49.6. The van der Waals surface area contributed by atoms with Crippen LogP contribution in [0, 0.1) is 12.3 Å². The van der Waals surface area contributed by atoms with Crippen LogP contribution in [-0.4, -0.2) is 91.0 Å². The number of esters is 1. The number of rotatable bonds is 18. The molecule has 1 saturated carbocycles. The molecule has 1 aliphatic heterocycles. The van der Waals surface area contributed by atoms with Crippen molar-refractivity contribution in [2.75, 3.05) is 13.2 Å². The Morgan fingerprint density at radius 2 is 1.63 bits per heavy atom. The Kier molecular flexibility index (Phi) is 16.1. The molecule has 1 aliphatic carbocycles. The third-order valence-electron chi connectivity index (χ3n) is 12.8. The van der Waals surface area contributed by atoms with Crippen LogP contribution in [-0.2, 0) is 20.9 Å². The SMILES string of the molecule is Cc1ncsc1-c1ccc(CNC(O)[C@@H]2C[C@@H](O)CN2C(=O)[C@@H](NC(=O)CCCCCCOc2ccc3c(-c4ccc(C(=O)OC(C)(C)C)c(C5CCCC5)c4)ncnc3c2)C(C)(C)C)cc1. The third-order valence-corrected chi connectivity index (χ3v) is 13.8. The van der Waals surface area contributed by atoms with E-state index in [-0.39, 0.29) is 37.2 Å². The highest BCUT2D eigenvalue weighted by Crippen LogP contribution is 2.39. The second-order valence-corrected chi connectivity index (χ2v) is 21.2. The van der Waals surface area contributed by atoms with Gasteiger partial charge in [0.2, 0.25) is 11.8 Å². The molecule has 1 saturated heterocycles. The van der Waals surface area contributed by atoms with Crippen molar-refractivity contribution in [3.63, 3.8) is 0 Å². The minimum Gasteiger partial charge on any atom is -0.494 e. The topological polar surface area (TPSA) is 176 Å². The summed E-state index contributed by atoms with van der Waals surface area (Å²) in [6.45, 7) is 14.3. The molecule has 67 heavy (non-hydrogen) atoms. The molecule has 0 bridgehead atoms. The van der Waals surface area contributed by atoms with Crippen molar-refractivity contribution >= 4 is 40.0 Å². The zero-order chi connectivity index (χ0) is 47.9. The number of aryl methyl sites for hydroxylation is 1. The number of carbonyl (C=O) groups excluding carboxylic acids is 3. The maximum atomic E-state index is 14.1. The molecular weight excluding hydrogens is 865 g/mol. The average Bonchev–Trinajstić information content (AvgIpc) is 4.08. The number of aliphatic hydroxyl groups is 2. The Morgan fingerprint density at radius 1 is 0.896 bits per heavy atom. The van der Waals surface area contributed by atoms with Crippen LogP contribution in [0.2, 0.25) is 0 Å². The fourth-order valence-corrected chi connectivity index (χ4v) is 10.1. The molecule has 4 N–H and O–H groups in total. The van der Waals surface area contributed by atoms with Gasteiger partial charge in [0.15, 0.2) is 0 Å². The minimum atomic E-state index is -1.08. The summed E-state index contributed by atoms with van der Waals surface area (Å²) in [5.41, 5.74) is 7.84. The summed E-state index contributed by atoms with van der Waals surface area (Å²) in [6.07, 6.45) is 7.74. The van der Waals surface area contributed by atoms with Gasteiger partial charge >= 0.3 is 5.97 Å². The highest BCUT2D eigenvalue weighted by molar-refractivity contribution is 7.13. The number of carbonyl (C=O) groups is 3. The summed E-state index contributed by atoms with van der Waals surface area (Å²) in [7, 11) is 0. The van der Waals surface area contributed by atoms with Crippen molar-refractivity contribution in [2.45, 2.75) is 155 Å². The Morgan fingerprint density at radius 3 is 2.33 bits per heavy atom. The molecule has 1 unspecified atom stereocenters. The van der Waals surface area contributed by atoms with Crippen LogP contribution in [0.4, 0.5) is 0 Å². The maximum absolute atomic E-state index is 14.1. The molecule has 7 rings (SSSR count). The standard InChI is InChI=1S/C53H68N6O7S/c1-33-47(67-32-57-33)36-19-17-34(18-20-36)29-54-49(62)44-27-38(60)30-59(44)50(63)48(52(2,3)4)58-45(61)16-10-8-9-13-25-65-39-22-24-41-43(28-39)55-31-56-46(41)37-21-23-40(51(64)66-53(5,6)7)42(26-37)35-14-11-12-15-35/h17-24,26,28,31-32,35,38,44,48-49,54,60,62H,8-16,25,27,29-30H2,1-7H3,(H,58,61)/t38-,44+,48-,49?/m1/s1. The van der Waals surface area contributed by atoms with E-state index in [0.717, 1.165) is 94.4 Å². The minimum absolute atomic E-state index is 0.0812. The fourth-order valence-electron chi connectivity index (χ4n) is 9.25. The van der Waals surface area contributed by atoms with Gasteiger partial charge in [0.1, 0.15) is 29.9 Å². The summed E-state index contributed by atoms with van der Waals surface area (Å²) in [4.78, 5) is 56.9. The molecule has 3 aromatic carbocycles. The van der Waals surface area contributed by atoms with Crippen molar-refractivity contribution in [3.8, 4) is 27.4 Å². The van der Waals surface area contributed by atoms with E-state index in [1.165, 1.54) is 4.90 Å². The molecular formula is C53H68N6O7S. The molecule has 5 aromatic rings. The van der Waals surface area contributed by atoms with Gasteiger partial charge in [0.05, 0.1) is 51.6 Å². The van der Waals surface area contributed by atoms with E-state index in [9.17, 15) is 24.6 Å². The van der Waals surface area contributed by atoms with Gasteiger partial charge < -0.3 is 29.9 Å². The number of nitrogens with zero attached hydrogens (tertiary/aromatic N) is 4. The summed E-state index contributed by atoms with van der Waals surface area (Å²) in [5, 5.41) is 29.0. The quantitative estimate of drug-likeness (QED) is 0.0374. The molecule has 0 spiro atoms. The number of benzene rings is 3. The number of β-amino-alcohol motifs (C(OH)–C–C–N with tert-alkyl or cyclic N) is 1. The molecule has 358 valence electrons. The first-order valence-corrected chi connectivity index (χ1v) is 24.8. The lowest BCUT2D eigenvalue weighted by molar-refractivity contribution is -0.142. The lowest BCUT2D eigenvalue weighted by Crippen LogP contribution is -2.58. The monoisotopic (exact) mass is 932 g/mol. The summed E-state index contributed by atoms with van der Waals surface area (Å²) in [6, 6.07) is 18.4. The smallest absolute Gasteiger partial charge is 0.338 e. The number of aliphatic hydroxyl groups excluding tert-OH is 2. The van der Waals surface area contributed by atoms with E-state index in [1.807, 2.05) is 109 Å². The van der Waals surface area contributed by atoms with Gasteiger partial charge in [-0.1, -0.05) is 76.8 Å². The predicted octanol–water partition coefficient (Wildman–Crippen LogP) is 9.27. The van der Waals surface area contributed by atoms with E-state index >= 15 is 0 Å². The van der Waals surface area contributed by atoms with E-state index in [2.05, 4.69) is 31.7 Å². The number of ether oxygens (including phenoxy) is 2. The van der Waals surface area contributed by atoms with E-state index in [0.29, 0.717) is 36.8 Å². The van der Waals surface area contributed by atoms with Crippen LogP contribution in [0.1, 0.15) is 139 Å². The first-order chi connectivity index (χ1) is 31.9. The molecule has 14 heteroatoms. The number of nitrogens with one attached hydrogen (secondary N) is 2. The highest BCUT2D eigenvalue weighted by atomic mass is 32.1. The Balaban J connectivity index is 0.868. The van der Waals surface area contributed by atoms with Crippen LogP contribution in [0.15, 0.2) is 72.5 Å². The van der Waals surface area contributed by atoms with Crippen LogP contribution < -0.4 is 15.4 Å². The fraction of sp³-hybridized carbons (Fsp3) is 0.509. The predicted molar refractivity (Wildman–Crippen MR) is 263 cm³/mol. The van der Waals surface area contributed by atoms with Gasteiger partial charge in [0.25, 0.3) is 0 Å². The lowest BCUT2D eigenvalue weighted by atomic mass is 9.85. The van der Waals surface area contributed by atoms with Crippen molar-refractivity contribution in [2.24, 2.45) is 5.41 Å². The van der Waals surface area contributed by atoms with Crippen molar-refractivity contribution in [1.82, 2.24) is 30.5 Å². The number of fused-ring (bicyclic) bond motifs is 1. The normalized spacial score (nSPS) is 17.7. The van der Waals surface area contributed by atoms with Gasteiger partial charge in [-0.15, -0.1) is 11.3 Å². The lowest BCUT2D eigenvalue weighted by Gasteiger charge is -2.37. The second-order valence-electron chi connectivity index (χ2n) is 20.3. The van der Waals surface area contributed by atoms with Gasteiger partial charge in [0, 0.05) is 36.5 Å². The highest BCUT2D eigenvalue weighted by Gasteiger charge is 2.44. The molecule has 3 heterocycles. The van der Waals surface area contributed by atoms with Gasteiger partial charge in [-0.3, -0.25) is 14.9 Å². The van der Waals surface area contributed by atoms with Gasteiger partial charge in [-0.2, -0.15) is 0 Å². The van der Waals surface area contributed by atoms with Crippen LogP contribution in [0.25, 0.3) is 32.6 Å². The number of hydrogen-bond acceptors (Lipinski definition) is 12. The number of hydrogen-bond donors (Lipinski definition) is 4. The first-order valence-electron chi connectivity index (χ1n) is 23.9. The number of likely N-dealkylation sites (tertiary alicyclic amines) is 1. The third kappa shape index (κ3) is 12.8. The largest absolute Gasteiger partial charge is 0.494 e. The molecule has 2 aliphatic rings. The molecule has 4 atom stereocenters. The maximum Gasteiger partial charge on any atom is 0.338 e. The van der Waals surface area contributed by atoms with E-state index < -0.39 is 35.4 Å². The number of amides is 2. The molecule has 0 radical (unpaired) electrons. The van der Waals surface area contributed by atoms with E-state index in [4.69, 9.17) is 9.47 Å². The molecule has 2 aromatic heterocycles. The van der Waals surface area contributed by atoms with Crippen molar-refractivity contribution in [3.05, 3.63) is 94.9 Å². The van der Waals surface area contributed by atoms with Crippen LogP contribution in [0.3, 0.4) is 0 Å². The van der Waals surface area contributed by atoms with Crippen LogP contribution >= 0.6 is 11.3 Å². The summed E-state index contributed by atoms with van der Waals surface area (Å²) in [5.74, 6) is 0.203. The Hall–Kier alpha value is -5.28. The van der Waals surface area contributed by atoms with Crippen molar-refractivity contribution < 1.29 is 34.1 Å².